The zero-order chi connectivity index (χ0) is 22.8. The van der Waals surface area contributed by atoms with Crippen LogP contribution in [-0.4, -0.2) is 39.1 Å². The summed E-state index contributed by atoms with van der Waals surface area (Å²) in [4.78, 5) is 6.13. The van der Waals surface area contributed by atoms with E-state index in [4.69, 9.17) is 9.16 Å². The first kappa shape index (κ1) is 23.8. The van der Waals surface area contributed by atoms with Gasteiger partial charge in [0.15, 0.2) is 20.0 Å². The Morgan fingerprint density at radius 3 is 2.52 bits per heavy atom. The lowest BCUT2D eigenvalue weighted by Gasteiger charge is -2.39. The van der Waals surface area contributed by atoms with E-state index in [2.05, 4.69) is 45.8 Å². The number of rotatable bonds is 8. The summed E-state index contributed by atoms with van der Waals surface area (Å²) in [5, 5.41) is 0.0431. The zero-order valence-corrected chi connectivity index (χ0v) is 20.5. The van der Waals surface area contributed by atoms with Gasteiger partial charge in [-0.05, 0) is 30.6 Å². The van der Waals surface area contributed by atoms with Gasteiger partial charge in [-0.2, -0.15) is 0 Å². The van der Waals surface area contributed by atoms with Crippen molar-refractivity contribution in [3.05, 3.63) is 47.7 Å². The minimum atomic E-state index is -2.00. The fourth-order valence-electron chi connectivity index (χ4n) is 3.20. The third kappa shape index (κ3) is 5.33. The SMILES string of the molecule is CCCOC1CN(c2ncc(-c3cccc(CO[Si](C)(C)C(C)(C)C)c3F)cc2F)C1. The number of pyridine rings is 1. The van der Waals surface area contributed by atoms with E-state index in [0.717, 1.165) is 6.42 Å². The standard InChI is InChI=1S/C24H34F2N2O2Si/c1-7-11-29-19-14-28(15-19)23-21(25)12-18(13-27-23)20-10-8-9-17(22(20)26)16-30-31(5,6)24(2,3)4/h8-10,12-13,19H,7,11,14-16H2,1-6H3. The predicted octanol–water partition coefficient (Wildman–Crippen LogP) is 6.16. The van der Waals surface area contributed by atoms with E-state index in [9.17, 15) is 4.39 Å². The Kier molecular flexibility index (Phi) is 7.18. The smallest absolute Gasteiger partial charge is 0.192 e. The van der Waals surface area contributed by atoms with Crippen molar-refractivity contribution < 1.29 is 17.9 Å². The Morgan fingerprint density at radius 1 is 1.19 bits per heavy atom. The van der Waals surface area contributed by atoms with E-state index in [1.807, 2.05) is 4.90 Å². The van der Waals surface area contributed by atoms with E-state index in [-0.39, 0.29) is 29.4 Å². The van der Waals surface area contributed by atoms with Gasteiger partial charge in [0, 0.05) is 42.6 Å². The van der Waals surface area contributed by atoms with Gasteiger partial charge in [0.05, 0.1) is 12.7 Å². The highest BCUT2D eigenvalue weighted by Gasteiger charge is 2.37. The Hall–Kier alpha value is -1.83. The Morgan fingerprint density at radius 2 is 1.90 bits per heavy atom. The van der Waals surface area contributed by atoms with Crippen molar-refractivity contribution in [3.8, 4) is 11.1 Å². The van der Waals surface area contributed by atoms with Crippen LogP contribution in [0.25, 0.3) is 11.1 Å². The van der Waals surface area contributed by atoms with Crippen LogP contribution in [-0.2, 0) is 15.8 Å². The molecule has 1 aliphatic rings. The second kappa shape index (κ2) is 9.34. The van der Waals surface area contributed by atoms with Crippen LogP contribution in [0.4, 0.5) is 14.6 Å². The van der Waals surface area contributed by atoms with Crippen molar-refractivity contribution in [1.29, 1.82) is 0 Å². The highest BCUT2D eigenvalue weighted by molar-refractivity contribution is 6.74. The molecule has 1 aromatic carbocycles. The van der Waals surface area contributed by atoms with E-state index < -0.39 is 14.1 Å². The molecular formula is C24H34F2N2O2Si. The van der Waals surface area contributed by atoms with Crippen molar-refractivity contribution in [1.82, 2.24) is 4.98 Å². The number of halogens is 2. The Balaban J connectivity index is 1.73. The summed E-state index contributed by atoms with van der Waals surface area (Å²) in [7, 11) is -2.00. The molecule has 0 unspecified atom stereocenters. The molecule has 7 heteroatoms. The van der Waals surface area contributed by atoms with Gasteiger partial charge in [0.25, 0.3) is 0 Å². The maximum absolute atomic E-state index is 15.2. The first-order valence-corrected chi connectivity index (χ1v) is 13.9. The molecule has 1 fully saturated rings. The van der Waals surface area contributed by atoms with Crippen molar-refractivity contribution in [2.75, 3.05) is 24.6 Å². The van der Waals surface area contributed by atoms with Crippen LogP contribution in [0, 0.1) is 11.6 Å². The third-order valence-electron chi connectivity index (χ3n) is 6.31. The molecule has 3 rings (SSSR count). The van der Waals surface area contributed by atoms with Gasteiger partial charge in [0.2, 0.25) is 0 Å². The molecule has 1 saturated heterocycles. The van der Waals surface area contributed by atoms with Crippen molar-refractivity contribution in [3.63, 3.8) is 0 Å². The molecule has 31 heavy (non-hydrogen) atoms. The van der Waals surface area contributed by atoms with Crippen molar-refractivity contribution in [2.45, 2.75) is 65.0 Å². The molecule has 4 nitrogen and oxygen atoms in total. The topological polar surface area (TPSA) is 34.6 Å². The van der Waals surface area contributed by atoms with E-state index in [1.165, 1.54) is 12.3 Å². The normalized spacial score (nSPS) is 15.3. The molecule has 2 heterocycles. The third-order valence-corrected chi connectivity index (χ3v) is 10.8. The molecular weight excluding hydrogens is 414 g/mol. The van der Waals surface area contributed by atoms with Crippen LogP contribution < -0.4 is 4.90 Å². The lowest BCUT2D eigenvalue weighted by Crippen LogP contribution is -2.53. The molecule has 0 saturated carbocycles. The Labute approximate surface area is 185 Å². The largest absolute Gasteiger partial charge is 0.412 e. The van der Waals surface area contributed by atoms with Gasteiger partial charge in [-0.15, -0.1) is 0 Å². The number of ether oxygens (including phenoxy) is 1. The number of anilines is 1. The summed E-state index contributed by atoms with van der Waals surface area (Å²) in [6, 6.07) is 6.51. The number of hydrogen-bond donors (Lipinski definition) is 0. The summed E-state index contributed by atoms with van der Waals surface area (Å²) < 4.78 is 41.8. The summed E-state index contributed by atoms with van der Waals surface area (Å²) in [5.41, 5.74) is 1.24. The molecule has 1 aromatic heterocycles. The lowest BCUT2D eigenvalue weighted by atomic mass is 10.0. The Bertz CT molecular complexity index is 909. The molecule has 170 valence electrons. The predicted molar refractivity (Wildman–Crippen MR) is 124 cm³/mol. The molecule has 0 radical (unpaired) electrons. The first-order chi connectivity index (χ1) is 14.5. The summed E-state index contributed by atoms with van der Waals surface area (Å²) in [6.45, 7) is 15.0. The van der Waals surface area contributed by atoms with Crippen LogP contribution in [0.15, 0.2) is 30.5 Å². The van der Waals surface area contributed by atoms with Crippen molar-refractivity contribution >= 4 is 14.1 Å². The maximum atomic E-state index is 15.2. The van der Waals surface area contributed by atoms with E-state index >= 15 is 4.39 Å². The summed E-state index contributed by atoms with van der Waals surface area (Å²) in [5.74, 6) is -0.543. The number of hydrogen-bond acceptors (Lipinski definition) is 4. The monoisotopic (exact) mass is 448 g/mol. The molecule has 0 spiro atoms. The van der Waals surface area contributed by atoms with Gasteiger partial charge in [-0.3, -0.25) is 0 Å². The van der Waals surface area contributed by atoms with Gasteiger partial charge >= 0.3 is 0 Å². The molecule has 0 N–H and O–H groups in total. The second-order valence-corrected chi connectivity index (χ2v) is 14.6. The molecule has 0 aliphatic carbocycles. The quantitative estimate of drug-likeness (QED) is 0.453. The van der Waals surface area contributed by atoms with Crippen molar-refractivity contribution in [2.24, 2.45) is 0 Å². The minimum Gasteiger partial charge on any atom is -0.412 e. The number of nitrogens with zero attached hydrogens (tertiary/aromatic N) is 2. The van der Waals surface area contributed by atoms with Gasteiger partial charge in [-0.25, -0.2) is 13.8 Å². The zero-order valence-electron chi connectivity index (χ0n) is 19.5. The highest BCUT2D eigenvalue weighted by Crippen LogP contribution is 2.37. The van der Waals surface area contributed by atoms with Crippen LogP contribution in [0.1, 0.15) is 39.7 Å². The van der Waals surface area contributed by atoms with E-state index in [0.29, 0.717) is 36.4 Å². The number of benzene rings is 1. The minimum absolute atomic E-state index is 0.0431. The molecule has 0 atom stereocenters. The molecule has 1 aliphatic heterocycles. The van der Waals surface area contributed by atoms with Gasteiger partial charge in [-0.1, -0.05) is 45.9 Å². The summed E-state index contributed by atoms with van der Waals surface area (Å²) in [6.07, 6.45) is 2.62. The number of aromatic nitrogens is 1. The molecule has 0 amide bonds. The van der Waals surface area contributed by atoms with Crippen LogP contribution in [0.2, 0.25) is 18.1 Å². The van der Waals surface area contributed by atoms with Crippen LogP contribution in [0.3, 0.4) is 0 Å². The first-order valence-electron chi connectivity index (χ1n) is 11.0. The second-order valence-electron chi connectivity index (χ2n) is 9.75. The van der Waals surface area contributed by atoms with Crippen LogP contribution in [0.5, 0.6) is 0 Å². The lowest BCUT2D eigenvalue weighted by molar-refractivity contribution is 0.0341. The highest BCUT2D eigenvalue weighted by atomic mass is 28.4. The van der Waals surface area contributed by atoms with Gasteiger partial charge in [0.1, 0.15) is 5.82 Å². The maximum Gasteiger partial charge on any atom is 0.192 e. The fourth-order valence-corrected chi connectivity index (χ4v) is 4.15. The average Bonchev–Trinajstić information content (AvgIpc) is 2.66. The summed E-state index contributed by atoms with van der Waals surface area (Å²) >= 11 is 0. The van der Waals surface area contributed by atoms with Crippen LogP contribution >= 0.6 is 0 Å². The van der Waals surface area contributed by atoms with E-state index in [1.54, 1.807) is 18.2 Å². The molecule has 0 bridgehead atoms. The average molecular weight is 449 g/mol. The fraction of sp³-hybridized carbons (Fsp3) is 0.542. The van der Waals surface area contributed by atoms with Gasteiger partial charge < -0.3 is 14.1 Å². The molecule has 2 aromatic rings.